The summed E-state index contributed by atoms with van der Waals surface area (Å²) in [6.07, 6.45) is 3.63. The summed E-state index contributed by atoms with van der Waals surface area (Å²) in [6, 6.07) is 7.97. The highest BCUT2D eigenvalue weighted by molar-refractivity contribution is 6.56. The first kappa shape index (κ1) is 12.1. The van der Waals surface area contributed by atoms with E-state index >= 15 is 0 Å². The molecule has 0 N–H and O–H groups in total. The van der Waals surface area contributed by atoms with Crippen LogP contribution in [0.5, 0.6) is 0 Å². The van der Waals surface area contributed by atoms with Gasteiger partial charge in [0.1, 0.15) is 5.82 Å². The van der Waals surface area contributed by atoms with E-state index in [2.05, 4.69) is 9.97 Å². The predicted molar refractivity (Wildman–Crippen MR) is 74.2 cm³/mol. The highest BCUT2D eigenvalue weighted by Crippen LogP contribution is 2.26. The van der Waals surface area contributed by atoms with Crippen LogP contribution in [0.15, 0.2) is 30.5 Å². The van der Waals surface area contributed by atoms with Crippen molar-refractivity contribution in [3.8, 4) is 0 Å². The van der Waals surface area contributed by atoms with Crippen molar-refractivity contribution in [1.29, 1.82) is 0 Å². The Morgan fingerprint density at radius 3 is 2.74 bits per heavy atom. The third-order valence-electron chi connectivity index (χ3n) is 3.68. The van der Waals surface area contributed by atoms with Crippen LogP contribution in [0.2, 0.25) is 0 Å². The molecule has 94 valence electrons. The van der Waals surface area contributed by atoms with Crippen LogP contribution in [0.25, 0.3) is 10.9 Å². The number of rotatable bonds is 1. The molecule has 1 aliphatic heterocycles. The largest absolute Gasteiger partial charge is 0.353 e. The summed E-state index contributed by atoms with van der Waals surface area (Å²) in [4.78, 5) is 21.8. The van der Waals surface area contributed by atoms with Gasteiger partial charge in [-0.25, -0.2) is 9.97 Å². The molecule has 1 fully saturated rings. The van der Waals surface area contributed by atoms with Gasteiger partial charge >= 0.3 is 0 Å². The normalized spacial score (nSPS) is 16.7. The first-order valence-corrected chi connectivity index (χ1v) is 6.50. The number of hydrogen-bond acceptors (Lipinski definition) is 3. The first-order valence-electron chi connectivity index (χ1n) is 6.50. The third-order valence-corrected chi connectivity index (χ3v) is 3.68. The average Bonchev–Trinajstić information content (AvgIpc) is 2.47. The van der Waals surface area contributed by atoms with Crippen LogP contribution in [0.1, 0.15) is 24.6 Å². The Bertz CT molecular complexity index is 608. The van der Waals surface area contributed by atoms with Crippen LogP contribution in [-0.2, 0) is 0 Å². The van der Waals surface area contributed by atoms with Crippen molar-refractivity contribution >= 4 is 24.6 Å². The second-order valence-corrected chi connectivity index (χ2v) is 4.89. The SMILES string of the molecule is [B]C(=O)N1CCC(c2ncc3ccccc3n2)CC1. The number of carbonyl (C=O) groups excluding carboxylic acids is 1. The molecule has 0 bridgehead atoms. The number of fused-ring (bicyclic) bond motifs is 1. The molecule has 1 aromatic carbocycles. The number of likely N-dealkylation sites (tertiary alicyclic amines) is 1. The Labute approximate surface area is 113 Å². The second-order valence-electron chi connectivity index (χ2n) is 4.89. The fraction of sp³-hybridized carbons (Fsp3) is 0.357. The molecular weight excluding hydrogens is 237 g/mol. The molecule has 5 heteroatoms. The standard InChI is InChI=1S/C14H14BN3O/c15-14(19)18-7-5-10(6-8-18)13-16-9-11-3-1-2-4-12(11)17-13/h1-4,9-10H,5-8H2. The van der Waals surface area contributed by atoms with Crippen molar-refractivity contribution in [2.75, 3.05) is 13.1 Å². The molecule has 19 heavy (non-hydrogen) atoms. The number of benzene rings is 1. The van der Waals surface area contributed by atoms with E-state index in [1.54, 1.807) is 4.90 Å². The van der Waals surface area contributed by atoms with E-state index in [1.807, 2.05) is 30.5 Å². The van der Waals surface area contributed by atoms with E-state index in [9.17, 15) is 4.79 Å². The highest BCUT2D eigenvalue weighted by atomic mass is 16.1. The van der Waals surface area contributed by atoms with Crippen molar-refractivity contribution < 1.29 is 4.79 Å². The molecule has 2 aromatic rings. The summed E-state index contributed by atoms with van der Waals surface area (Å²) in [7, 11) is 5.28. The Balaban J connectivity index is 1.80. The van der Waals surface area contributed by atoms with Crippen LogP contribution < -0.4 is 0 Å². The van der Waals surface area contributed by atoms with Gasteiger partial charge in [-0.3, -0.25) is 4.79 Å². The van der Waals surface area contributed by atoms with E-state index in [0.29, 0.717) is 19.0 Å². The molecule has 1 aromatic heterocycles. The maximum absolute atomic E-state index is 11.1. The maximum atomic E-state index is 11.1. The summed E-state index contributed by atoms with van der Waals surface area (Å²) in [5.41, 5.74) is 0.977. The zero-order valence-corrected chi connectivity index (χ0v) is 10.6. The molecule has 2 radical (unpaired) electrons. The molecule has 1 aliphatic rings. The first-order chi connectivity index (χ1) is 9.24. The minimum atomic E-state index is -0.335. The van der Waals surface area contributed by atoms with Gasteiger partial charge in [0.25, 0.3) is 0 Å². The van der Waals surface area contributed by atoms with Crippen molar-refractivity contribution in [3.63, 3.8) is 0 Å². The number of nitrogens with zero attached hydrogens (tertiary/aromatic N) is 3. The summed E-state index contributed by atoms with van der Waals surface area (Å²) >= 11 is 0. The molecule has 0 saturated carbocycles. The Hall–Kier alpha value is -1.91. The molecule has 0 aliphatic carbocycles. The predicted octanol–water partition coefficient (Wildman–Crippen LogP) is 2.10. The van der Waals surface area contributed by atoms with Gasteiger partial charge < -0.3 is 4.90 Å². The minimum Gasteiger partial charge on any atom is -0.353 e. The van der Waals surface area contributed by atoms with E-state index in [-0.39, 0.29) is 5.81 Å². The quantitative estimate of drug-likeness (QED) is 0.729. The van der Waals surface area contributed by atoms with E-state index in [1.165, 1.54) is 0 Å². The van der Waals surface area contributed by atoms with Crippen molar-refractivity contribution in [1.82, 2.24) is 14.9 Å². The van der Waals surface area contributed by atoms with Crippen LogP contribution in [0, 0.1) is 0 Å². The lowest BCUT2D eigenvalue weighted by molar-refractivity contribution is 0.203. The summed E-state index contributed by atoms with van der Waals surface area (Å²) in [5, 5.41) is 1.06. The number of para-hydroxylation sites is 1. The Morgan fingerprint density at radius 2 is 2.00 bits per heavy atom. The lowest BCUT2D eigenvalue weighted by Crippen LogP contribution is -2.37. The van der Waals surface area contributed by atoms with Gasteiger partial charge in [0.05, 0.1) is 5.52 Å². The molecule has 1 amide bonds. The molecule has 0 unspecified atom stereocenters. The van der Waals surface area contributed by atoms with Crippen molar-refractivity contribution in [3.05, 3.63) is 36.3 Å². The third kappa shape index (κ3) is 2.45. The number of hydrogen-bond donors (Lipinski definition) is 0. The summed E-state index contributed by atoms with van der Waals surface area (Å²) in [6.45, 7) is 1.38. The number of amides is 1. The van der Waals surface area contributed by atoms with Gasteiger partial charge in [-0.2, -0.15) is 0 Å². The molecule has 2 heterocycles. The van der Waals surface area contributed by atoms with Crippen LogP contribution >= 0.6 is 0 Å². The smallest absolute Gasteiger partial charge is 0.200 e. The lowest BCUT2D eigenvalue weighted by Gasteiger charge is -2.30. The average molecular weight is 251 g/mol. The van der Waals surface area contributed by atoms with Gasteiger partial charge in [0.2, 0.25) is 7.85 Å². The molecule has 0 atom stereocenters. The van der Waals surface area contributed by atoms with E-state index in [4.69, 9.17) is 7.85 Å². The second kappa shape index (κ2) is 5.00. The number of aromatic nitrogens is 2. The van der Waals surface area contributed by atoms with Crippen LogP contribution in [-0.4, -0.2) is 41.6 Å². The Kier molecular flexibility index (Phi) is 3.19. The number of carbonyl (C=O) groups is 1. The zero-order chi connectivity index (χ0) is 13.2. The van der Waals surface area contributed by atoms with Gasteiger partial charge in [-0.1, -0.05) is 18.2 Å². The summed E-state index contributed by atoms with van der Waals surface area (Å²) < 4.78 is 0. The molecule has 3 rings (SSSR count). The van der Waals surface area contributed by atoms with Crippen LogP contribution in [0.4, 0.5) is 4.79 Å². The topological polar surface area (TPSA) is 46.1 Å². The fourth-order valence-corrected chi connectivity index (χ4v) is 2.54. The van der Waals surface area contributed by atoms with Crippen LogP contribution in [0.3, 0.4) is 0 Å². The van der Waals surface area contributed by atoms with Crippen molar-refractivity contribution in [2.45, 2.75) is 18.8 Å². The maximum Gasteiger partial charge on any atom is 0.200 e. The fourth-order valence-electron chi connectivity index (χ4n) is 2.54. The lowest BCUT2D eigenvalue weighted by atomic mass is 9.94. The van der Waals surface area contributed by atoms with Crippen molar-refractivity contribution in [2.24, 2.45) is 0 Å². The molecule has 4 nitrogen and oxygen atoms in total. The van der Waals surface area contributed by atoms with E-state index in [0.717, 1.165) is 29.6 Å². The Morgan fingerprint density at radius 1 is 1.26 bits per heavy atom. The minimum absolute atomic E-state index is 0.320. The van der Waals surface area contributed by atoms with Gasteiger partial charge in [-0.05, 0) is 18.9 Å². The van der Waals surface area contributed by atoms with Gasteiger partial charge in [0, 0.05) is 30.6 Å². The van der Waals surface area contributed by atoms with Gasteiger partial charge in [0.15, 0.2) is 5.81 Å². The molecule has 0 spiro atoms. The van der Waals surface area contributed by atoms with Gasteiger partial charge in [-0.15, -0.1) is 0 Å². The zero-order valence-electron chi connectivity index (χ0n) is 10.6. The monoisotopic (exact) mass is 251 g/mol. The molecule has 1 saturated heterocycles. The number of piperidine rings is 1. The summed E-state index contributed by atoms with van der Waals surface area (Å²) in [5.74, 6) is 0.862. The highest BCUT2D eigenvalue weighted by Gasteiger charge is 2.23. The molecular formula is C14H14BN3O. The van der Waals surface area contributed by atoms with E-state index < -0.39 is 0 Å².